The van der Waals surface area contributed by atoms with Crippen LogP contribution < -0.4 is 0 Å². The Hall–Kier alpha value is 0.200. The number of halogens is 1. The van der Waals surface area contributed by atoms with E-state index in [0.717, 1.165) is 0 Å². The van der Waals surface area contributed by atoms with E-state index in [2.05, 4.69) is 37.9 Å². The minimum atomic E-state index is -0.340. The van der Waals surface area contributed by atoms with Crippen LogP contribution in [0.1, 0.15) is 0 Å². The van der Waals surface area contributed by atoms with Gasteiger partial charge in [0.25, 0.3) is 0 Å². The van der Waals surface area contributed by atoms with Crippen molar-refractivity contribution >= 4 is 37.9 Å². The molecule has 54 valence electrons. The summed E-state index contributed by atoms with van der Waals surface area (Å²) in [5.74, 6) is -0.340. The van der Waals surface area contributed by atoms with E-state index in [1.165, 1.54) is 12.1 Å². The van der Waals surface area contributed by atoms with E-state index in [4.69, 9.17) is 0 Å². The van der Waals surface area contributed by atoms with Gasteiger partial charge in [0, 0.05) is 14.7 Å². The molecule has 10 heavy (non-hydrogen) atoms. The van der Waals surface area contributed by atoms with Crippen molar-refractivity contribution in [2.45, 2.75) is 14.7 Å². The largest absolute Gasteiger partial charge is 0.207 e. The number of rotatable bonds is 0. The molecule has 0 aromatic heterocycles. The van der Waals surface area contributed by atoms with E-state index < -0.39 is 0 Å². The zero-order valence-electron chi connectivity index (χ0n) is 4.87. The van der Waals surface area contributed by atoms with Gasteiger partial charge in [-0.1, -0.05) is 0 Å². The zero-order valence-corrected chi connectivity index (χ0v) is 7.56. The summed E-state index contributed by atoms with van der Waals surface area (Å²) in [4.78, 5) is 1.62. The van der Waals surface area contributed by atoms with Crippen LogP contribution in [0.2, 0.25) is 0 Å². The maximum Gasteiger partial charge on any atom is 0.125 e. The molecule has 0 atom stereocenters. The molecule has 0 radical (unpaired) electrons. The third-order valence-corrected chi connectivity index (χ3v) is 2.57. The van der Waals surface area contributed by atoms with Gasteiger partial charge in [0.1, 0.15) is 5.82 Å². The molecular formula is C6H5FS3. The lowest BCUT2D eigenvalue weighted by atomic mass is 10.3. The number of hydrogen-bond acceptors (Lipinski definition) is 3. The van der Waals surface area contributed by atoms with Crippen molar-refractivity contribution in [3.63, 3.8) is 0 Å². The minimum Gasteiger partial charge on any atom is -0.207 e. The van der Waals surface area contributed by atoms with Crippen LogP contribution >= 0.6 is 37.9 Å². The quantitative estimate of drug-likeness (QED) is 0.517. The molecule has 0 amide bonds. The first kappa shape index (κ1) is 8.30. The molecule has 0 spiro atoms. The van der Waals surface area contributed by atoms with Gasteiger partial charge >= 0.3 is 0 Å². The maximum atomic E-state index is 12.5. The number of hydrogen-bond donors (Lipinski definition) is 3. The van der Waals surface area contributed by atoms with Crippen molar-refractivity contribution in [1.82, 2.24) is 0 Å². The molecule has 0 fully saturated rings. The highest BCUT2D eigenvalue weighted by atomic mass is 32.1. The van der Waals surface area contributed by atoms with Crippen LogP contribution in [-0.4, -0.2) is 0 Å². The normalized spacial score (nSPS) is 10.0. The lowest BCUT2D eigenvalue weighted by molar-refractivity contribution is 0.616. The molecular weight excluding hydrogens is 187 g/mol. The molecule has 0 aliphatic heterocycles. The van der Waals surface area contributed by atoms with Crippen molar-refractivity contribution in [3.8, 4) is 0 Å². The summed E-state index contributed by atoms with van der Waals surface area (Å²) in [6.07, 6.45) is 0. The van der Waals surface area contributed by atoms with Gasteiger partial charge in [-0.15, -0.1) is 37.9 Å². The van der Waals surface area contributed by atoms with Gasteiger partial charge in [0.05, 0.1) is 0 Å². The zero-order chi connectivity index (χ0) is 7.72. The lowest BCUT2D eigenvalue weighted by Crippen LogP contribution is -1.78. The number of thiol groups is 3. The first-order valence-corrected chi connectivity index (χ1v) is 3.86. The molecule has 1 rings (SSSR count). The van der Waals surface area contributed by atoms with Crippen molar-refractivity contribution < 1.29 is 4.39 Å². The molecule has 0 bridgehead atoms. The minimum absolute atomic E-state index is 0.340. The van der Waals surface area contributed by atoms with Crippen LogP contribution in [0.3, 0.4) is 0 Å². The Morgan fingerprint density at radius 2 is 1.40 bits per heavy atom. The Kier molecular flexibility index (Phi) is 2.55. The SMILES string of the molecule is Fc1cc(S)c(S)c(S)c1. The molecule has 0 nitrogen and oxygen atoms in total. The summed E-state index contributed by atoms with van der Waals surface area (Å²) in [7, 11) is 0. The molecule has 4 heteroatoms. The fraction of sp³-hybridized carbons (Fsp3) is 0. The Labute approximate surface area is 75.1 Å². The number of benzene rings is 1. The Bertz CT molecular complexity index is 236. The fourth-order valence-electron chi connectivity index (χ4n) is 0.571. The first-order chi connectivity index (χ1) is 4.61. The van der Waals surface area contributed by atoms with Crippen molar-refractivity contribution in [1.29, 1.82) is 0 Å². The van der Waals surface area contributed by atoms with Crippen molar-refractivity contribution in [2.75, 3.05) is 0 Å². The molecule has 1 aromatic carbocycles. The van der Waals surface area contributed by atoms with Crippen molar-refractivity contribution in [3.05, 3.63) is 17.9 Å². The first-order valence-electron chi connectivity index (χ1n) is 2.51. The predicted molar refractivity (Wildman–Crippen MR) is 48.2 cm³/mol. The summed E-state index contributed by atoms with van der Waals surface area (Å²) in [5, 5.41) is 0. The molecule has 0 saturated carbocycles. The molecule has 0 N–H and O–H groups in total. The Balaban J connectivity index is 3.31. The monoisotopic (exact) mass is 192 g/mol. The van der Waals surface area contributed by atoms with E-state index >= 15 is 0 Å². The van der Waals surface area contributed by atoms with Gasteiger partial charge < -0.3 is 0 Å². The van der Waals surface area contributed by atoms with Gasteiger partial charge in [0.15, 0.2) is 0 Å². The Morgan fingerprint density at radius 3 is 1.80 bits per heavy atom. The lowest BCUT2D eigenvalue weighted by Gasteiger charge is -2.00. The molecule has 0 aliphatic carbocycles. The predicted octanol–water partition coefficient (Wildman–Crippen LogP) is 2.69. The van der Waals surface area contributed by atoms with Crippen LogP contribution in [0.25, 0.3) is 0 Å². The topological polar surface area (TPSA) is 0 Å². The smallest absolute Gasteiger partial charge is 0.125 e. The molecule has 0 aliphatic rings. The summed E-state index contributed by atoms with van der Waals surface area (Å²) < 4.78 is 12.5. The fourth-order valence-corrected chi connectivity index (χ4v) is 1.28. The van der Waals surface area contributed by atoms with E-state index in [1.54, 1.807) is 0 Å². The highest BCUT2D eigenvalue weighted by Crippen LogP contribution is 2.26. The summed E-state index contributed by atoms with van der Waals surface area (Å²) in [6.45, 7) is 0. The van der Waals surface area contributed by atoms with Crippen LogP contribution in [0.4, 0.5) is 4.39 Å². The van der Waals surface area contributed by atoms with Crippen LogP contribution in [-0.2, 0) is 0 Å². The average molecular weight is 192 g/mol. The maximum absolute atomic E-state index is 12.5. The van der Waals surface area contributed by atoms with E-state index in [9.17, 15) is 4.39 Å². The third-order valence-electron chi connectivity index (χ3n) is 1.03. The average Bonchev–Trinajstić information content (AvgIpc) is 1.82. The van der Waals surface area contributed by atoms with E-state index in [0.29, 0.717) is 14.7 Å². The van der Waals surface area contributed by atoms with Gasteiger partial charge in [0.2, 0.25) is 0 Å². The Morgan fingerprint density at radius 1 is 1.00 bits per heavy atom. The van der Waals surface area contributed by atoms with E-state index in [1.807, 2.05) is 0 Å². The highest BCUT2D eigenvalue weighted by Gasteiger charge is 2.00. The van der Waals surface area contributed by atoms with Crippen LogP contribution in [0.15, 0.2) is 26.8 Å². The molecule has 0 heterocycles. The highest BCUT2D eigenvalue weighted by molar-refractivity contribution is 7.85. The van der Waals surface area contributed by atoms with Gasteiger partial charge in [-0.3, -0.25) is 0 Å². The summed E-state index contributed by atoms with van der Waals surface area (Å²) in [5.41, 5.74) is 0. The van der Waals surface area contributed by atoms with Gasteiger partial charge in [-0.2, -0.15) is 0 Å². The van der Waals surface area contributed by atoms with Gasteiger partial charge in [-0.05, 0) is 12.1 Å². The second-order valence-electron chi connectivity index (χ2n) is 1.79. The van der Waals surface area contributed by atoms with Crippen LogP contribution in [0, 0.1) is 5.82 Å². The van der Waals surface area contributed by atoms with E-state index in [-0.39, 0.29) is 5.82 Å². The standard InChI is InChI=1S/C6H5FS3/c7-3-1-4(8)6(10)5(9)2-3/h1-2,8-10H. The third kappa shape index (κ3) is 1.62. The molecule has 1 aromatic rings. The summed E-state index contributed by atoms with van der Waals surface area (Å²) in [6, 6.07) is 2.59. The molecule has 0 unspecified atom stereocenters. The second-order valence-corrected chi connectivity index (χ2v) is 3.20. The second kappa shape index (κ2) is 3.07. The summed E-state index contributed by atoms with van der Waals surface area (Å²) >= 11 is 12.0. The van der Waals surface area contributed by atoms with Crippen molar-refractivity contribution in [2.24, 2.45) is 0 Å². The van der Waals surface area contributed by atoms with Gasteiger partial charge in [-0.25, -0.2) is 4.39 Å². The van der Waals surface area contributed by atoms with Crippen LogP contribution in [0.5, 0.6) is 0 Å². The molecule has 0 saturated heterocycles.